The summed E-state index contributed by atoms with van der Waals surface area (Å²) in [5, 5.41) is 2.95. The van der Waals surface area contributed by atoms with Crippen molar-refractivity contribution in [3.05, 3.63) is 16.5 Å². The lowest BCUT2D eigenvalue weighted by atomic mass is 10.5. The van der Waals surface area contributed by atoms with Gasteiger partial charge in [0, 0.05) is 12.7 Å². The van der Waals surface area contributed by atoms with Gasteiger partial charge in [0.1, 0.15) is 19.0 Å². The Morgan fingerprint density at radius 3 is 2.76 bits per heavy atom. The third-order valence-electron chi connectivity index (χ3n) is 1.64. The van der Waals surface area contributed by atoms with Crippen molar-refractivity contribution in [3.63, 3.8) is 0 Å². The van der Waals surface area contributed by atoms with E-state index in [1.165, 1.54) is 6.20 Å². The van der Waals surface area contributed by atoms with Gasteiger partial charge in [0.15, 0.2) is 5.82 Å². The Morgan fingerprint density at radius 2 is 2.18 bits per heavy atom. The average molecular weight is 314 g/mol. The lowest BCUT2D eigenvalue weighted by Gasteiger charge is -2.09. The lowest BCUT2D eigenvalue weighted by Crippen LogP contribution is -2.17. The maximum Gasteiger partial charge on any atom is 0.411 e. The van der Waals surface area contributed by atoms with Gasteiger partial charge in [-0.3, -0.25) is 0 Å². The largest absolute Gasteiger partial charge is 0.411 e. The molecule has 0 saturated heterocycles. The SMILES string of the molecule is CCNc1nc(COCC(F)(F)F)ncc1Br. The van der Waals surface area contributed by atoms with E-state index in [1.807, 2.05) is 6.92 Å². The van der Waals surface area contributed by atoms with E-state index in [4.69, 9.17) is 0 Å². The molecule has 0 fully saturated rings. The molecular formula is C9H11BrF3N3O. The first-order valence-electron chi connectivity index (χ1n) is 4.82. The number of nitrogens with zero attached hydrogens (tertiary/aromatic N) is 2. The molecule has 4 nitrogen and oxygen atoms in total. The van der Waals surface area contributed by atoms with Gasteiger partial charge in [-0.25, -0.2) is 9.97 Å². The molecule has 1 aromatic heterocycles. The van der Waals surface area contributed by atoms with Crippen LogP contribution in [0.15, 0.2) is 10.7 Å². The maximum atomic E-state index is 11.8. The van der Waals surface area contributed by atoms with Crippen LogP contribution in [0.1, 0.15) is 12.7 Å². The van der Waals surface area contributed by atoms with Crippen molar-refractivity contribution in [2.24, 2.45) is 0 Å². The number of halogens is 4. The Hall–Kier alpha value is -0.890. The van der Waals surface area contributed by atoms with Crippen molar-refractivity contribution in [1.82, 2.24) is 9.97 Å². The van der Waals surface area contributed by atoms with Crippen molar-refractivity contribution in [3.8, 4) is 0 Å². The minimum absolute atomic E-state index is 0.202. The topological polar surface area (TPSA) is 47.0 Å². The Labute approximate surface area is 105 Å². The predicted molar refractivity (Wildman–Crippen MR) is 59.6 cm³/mol. The summed E-state index contributed by atoms with van der Waals surface area (Å²) in [6.45, 7) is 0.959. The first-order chi connectivity index (χ1) is 7.92. The summed E-state index contributed by atoms with van der Waals surface area (Å²) in [4.78, 5) is 7.87. The van der Waals surface area contributed by atoms with Crippen molar-refractivity contribution in [2.75, 3.05) is 18.5 Å². The third kappa shape index (κ3) is 5.31. The third-order valence-corrected chi connectivity index (χ3v) is 2.22. The molecular weight excluding hydrogens is 303 g/mol. The van der Waals surface area contributed by atoms with E-state index in [1.54, 1.807) is 0 Å². The molecule has 1 heterocycles. The molecule has 1 N–H and O–H groups in total. The highest BCUT2D eigenvalue weighted by Crippen LogP contribution is 2.19. The molecule has 0 amide bonds. The normalized spacial score (nSPS) is 11.6. The van der Waals surface area contributed by atoms with Gasteiger partial charge in [-0.15, -0.1) is 0 Å². The van der Waals surface area contributed by atoms with Crippen LogP contribution < -0.4 is 5.32 Å². The van der Waals surface area contributed by atoms with Crippen LogP contribution in [0.5, 0.6) is 0 Å². The number of rotatable bonds is 5. The quantitative estimate of drug-likeness (QED) is 0.908. The van der Waals surface area contributed by atoms with Gasteiger partial charge >= 0.3 is 6.18 Å². The van der Waals surface area contributed by atoms with Crippen LogP contribution in [0.3, 0.4) is 0 Å². The fourth-order valence-electron chi connectivity index (χ4n) is 1.02. The standard InChI is InChI=1S/C9H11BrF3N3O/c1-2-14-8-6(10)3-15-7(16-8)4-17-5-9(11,12)13/h3H,2,4-5H2,1H3,(H,14,15,16). The minimum Gasteiger partial charge on any atom is -0.369 e. The van der Waals surface area contributed by atoms with Gasteiger partial charge in [-0.1, -0.05) is 0 Å². The Morgan fingerprint density at radius 1 is 1.47 bits per heavy atom. The highest BCUT2D eigenvalue weighted by Gasteiger charge is 2.27. The number of aromatic nitrogens is 2. The number of ether oxygens (including phenoxy) is 1. The molecule has 17 heavy (non-hydrogen) atoms. The van der Waals surface area contributed by atoms with Crippen LogP contribution in [0.4, 0.5) is 19.0 Å². The van der Waals surface area contributed by atoms with Gasteiger partial charge in [0.25, 0.3) is 0 Å². The Bertz CT molecular complexity index is 373. The van der Waals surface area contributed by atoms with Crippen LogP contribution in [0.25, 0.3) is 0 Å². The van der Waals surface area contributed by atoms with Gasteiger partial charge in [-0.05, 0) is 22.9 Å². The molecule has 0 aliphatic carbocycles. The minimum atomic E-state index is -4.33. The molecule has 1 rings (SSSR count). The van der Waals surface area contributed by atoms with E-state index >= 15 is 0 Å². The molecule has 96 valence electrons. The van der Waals surface area contributed by atoms with E-state index in [0.717, 1.165) is 0 Å². The van der Waals surface area contributed by atoms with E-state index in [9.17, 15) is 13.2 Å². The van der Waals surface area contributed by atoms with E-state index in [-0.39, 0.29) is 12.4 Å². The first-order valence-corrected chi connectivity index (χ1v) is 5.61. The molecule has 1 aromatic rings. The van der Waals surface area contributed by atoms with Crippen LogP contribution in [-0.4, -0.2) is 29.3 Å². The van der Waals surface area contributed by atoms with E-state index in [2.05, 4.69) is 36.0 Å². The highest BCUT2D eigenvalue weighted by atomic mass is 79.9. The van der Waals surface area contributed by atoms with Crippen molar-refractivity contribution >= 4 is 21.7 Å². The average Bonchev–Trinajstić information content (AvgIpc) is 2.21. The summed E-state index contributed by atoms with van der Waals surface area (Å²) < 4.78 is 40.6. The maximum absolute atomic E-state index is 11.8. The summed E-state index contributed by atoms with van der Waals surface area (Å²) in [5.74, 6) is 0.738. The molecule has 0 saturated carbocycles. The second-order valence-electron chi connectivity index (χ2n) is 3.12. The monoisotopic (exact) mass is 313 g/mol. The van der Waals surface area contributed by atoms with Crippen LogP contribution in [0.2, 0.25) is 0 Å². The molecule has 0 aliphatic heterocycles. The lowest BCUT2D eigenvalue weighted by molar-refractivity contribution is -0.177. The van der Waals surface area contributed by atoms with Crippen molar-refractivity contribution in [1.29, 1.82) is 0 Å². The predicted octanol–water partition coefficient (Wildman–Crippen LogP) is 2.75. The van der Waals surface area contributed by atoms with Crippen molar-refractivity contribution in [2.45, 2.75) is 19.7 Å². The van der Waals surface area contributed by atoms with Gasteiger partial charge in [0.2, 0.25) is 0 Å². The van der Waals surface area contributed by atoms with Crippen molar-refractivity contribution < 1.29 is 17.9 Å². The van der Waals surface area contributed by atoms with E-state index in [0.29, 0.717) is 16.8 Å². The van der Waals surface area contributed by atoms with Crippen LogP contribution in [-0.2, 0) is 11.3 Å². The zero-order chi connectivity index (χ0) is 12.9. The number of anilines is 1. The zero-order valence-corrected chi connectivity index (χ0v) is 10.6. The molecule has 0 spiro atoms. The fraction of sp³-hybridized carbons (Fsp3) is 0.556. The second kappa shape index (κ2) is 6.15. The summed E-state index contributed by atoms with van der Waals surface area (Å²) in [5.41, 5.74) is 0. The number of hydrogen-bond donors (Lipinski definition) is 1. The zero-order valence-electron chi connectivity index (χ0n) is 9.01. The summed E-state index contributed by atoms with van der Waals surface area (Å²) in [6.07, 6.45) is -2.86. The molecule has 0 aliphatic rings. The van der Waals surface area contributed by atoms with Gasteiger partial charge in [-0.2, -0.15) is 13.2 Å². The second-order valence-corrected chi connectivity index (χ2v) is 3.98. The summed E-state index contributed by atoms with van der Waals surface area (Å²) in [7, 11) is 0. The Balaban J connectivity index is 2.57. The van der Waals surface area contributed by atoms with Crippen LogP contribution >= 0.6 is 15.9 Å². The van der Waals surface area contributed by atoms with Gasteiger partial charge in [0.05, 0.1) is 4.47 Å². The molecule has 8 heteroatoms. The molecule has 0 radical (unpaired) electrons. The number of hydrogen-bond acceptors (Lipinski definition) is 4. The molecule has 0 unspecified atom stereocenters. The smallest absolute Gasteiger partial charge is 0.369 e. The highest BCUT2D eigenvalue weighted by molar-refractivity contribution is 9.10. The number of nitrogens with one attached hydrogen (secondary N) is 1. The van der Waals surface area contributed by atoms with Gasteiger partial charge < -0.3 is 10.1 Å². The first kappa shape index (κ1) is 14.2. The molecule has 0 bridgehead atoms. The summed E-state index contributed by atoms with van der Waals surface area (Å²) >= 11 is 3.22. The van der Waals surface area contributed by atoms with E-state index < -0.39 is 12.8 Å². The number of alkyl halides is 3. The van der Waals surface area contributed by atoms with Crippen LogP contribution in [0, 0.1) is 0 Å². The Kier molecular flexibility index (Phi) is 5.13. The molecule has 0 aromatic carbocycles. The fourth-order valence-corrected chi connectivity index (χ4v) is 1.35. The summed E-state index contributed by atoms with van der Waals surface area (Å²) in [6, 6.07) is 0. The molecule has 0 atom stereocenters.